The van der Waals surface area contributed by atoms with Crippen LogP contribution < -0.4 is 5.32 Å². The van der Waals surface area contributed by atoms with E-state index in [9.17, 15) is 18.0 Å². The lowest BCUT2D eigenvalue weighted by Gasteiger charge is -2.26. The molecule has 0 atom stereocenters. The number of carbonyl (C=O) groups is 2. The summed E-state index contributed by atoms with van der Waals surface area (Å²) in [6.07, 6.45) is 2.74. The number of hydrogen-bond donors (Lipinski definition) is 1. The van der Waals surface area contributed by atoms with Gasteiger partial charge in [-0.2, -0.15) is 4.31 Å². The normalized spacial score (nSPS) is 15.8. The quantitative estimate of drug-likeness (QED) is 0.843. The van der Waals surface area contributed by atoms with Crippen LogP contribution in [0.5, 0.6) is 0 Å². The molecule has 1 saturated heterocycles. The van der Waals surface area contributed by atoms with Crippen LogP contribution in [0.15, 0.2) is 29.2 Å². The van der Waals surface area contributed by atoms with Crippen LogP contribution in [0.4, 0.5) is 0 Å². The summed E-state index contributed by atoms with van der Waals surface area (Å²) in [5.41, 5.74) is 0.222. The Balaban J connectivity index is 2.13. The van der Waals surface area contributed by atoms with Crippen LogP contribution in [0.25, 0.3) is 0 Å². The predicted molar refractivity (Wildman–Crippen MR) is 90.1 cm³/mol. The third-order valence-corrected chi connectivity index (χ3v) is 5.84. The molecule has 2 rings (SSSR count). The van der Waals surface area contributed by atoms with Gasteiger partial charge in [-0.1, -0.05) is 12.5 Å². The number of rotatable bonds is 5. The van der Waals surface area contributed by atoms with E-state index in [0.717, 1.165) is 19.3 Å². The molecule has 0 aromatic heterocycles. The van der Waals surface area contributed by atoms with Gasteiger partial charge in [-0.05, 0) is 31.0 Å². The monoisotopic (exact) mass is 353 g/mol. The van der Waals surface area contributed by atoms with Crippen molar-refractivity contribution < 1.29 is 18.0 Å². The Labute approximate surface area is 142 Å². The molecule has 24 heavy (non-hydrogen) atoms. The molecule has 1 aromatic rings. The van der Waals surface area contributed by atoms with E-state index in [4.69, 9.17) is 0 Å². The smallest absolute Gasteiger partial charge is 0.251 e. The van der Waals surface area contributed by atoms with Gasteiger partial charge < -0.3 is 10.2 Å². The van der Waals surface area contributed by atoms with Crippen molar-refractivity contribution in [1.29, 1.82) is 0 Å². The minimum Gasteiger partial charge on any atom is -0.347 e. The van der Waals surface area contributed by atoms with Gasteiger partial charge in [0, 0.05) is 32.7 Å². The number of amides is 2. The van der Waals surface area contributed by atoms with Crippen LogP contribution in [0.2, 0.25) is 0 Å². The maximum atomic E-state index is 12.7. The number of likely N-dealkylation sites (N-methyl/N-ethyl adjacent to an activating group) is 1. The van der Waals surface area contributed by atoms with Crippen LogP contribution in [-0.2, 0) is 14.8 Å². The minimum absolute atomic E-state index is 0.107. The van der Waals surface area contributed by atoms with Crippen molar-refractivity contribution in [2.24, 2.45) is 0 Å². The molecule has 7 nitrogen and oxygen atoms in total. The Morgan fingerprint density at radius 2 is 1.83 bits per heavy atom. The highest BCUT2D eigenvalue weighted by Crippen LogP contribution is 2.21. The van der Waals surface area contributed by atoms with E-state index < -0.39 is 15.9 Å². The van der Waals surface area contributed by atoms with E-state index >= 15 is 0 Å². The fourth-order valence-electron chi connectivity index (χ4n) is 2.47. The van der Waals surface area contributed by atoms with Gasteiger partial charge in [0.25, 0.3) is 5.91 Å². The summed E-state index contributed by atoms with van der Waals surface area (Å²) in [7, 11) is -0.390. The highest BCUT2D eigenvalue weighted by molar-refractivity contribution is 7.89. The van der Waals surface area contributed by atoms with Gasteiger partial charge in [-0.15, -0.1) is 0 Å². The Morgan fingerprint density at radius 1 is 1.17 bits per heavy atom. The van der Waals surface area contributed by atoms with Gasteiger partial charge in [0.2, 0.25) is 15.9 Å². The summed E-state index contributed by atoms with van der Waals surface area (Å²) in [4.78, 5) is 25.1. The van der Waals surface area contributed by atoms with Crippen LogP contribution in [0, 0.1) is 0 Å². The third-order valence-electron chi connectivity index (χ3n) is 3.95. The molecule has 0 saturated carbocycles. The Bertz CT molecular complexity index is 710. The molecule has 0 spiro atoms. The van der Waals surface area contributed by atoms with Gasteiger partial charge in [-0.3, -0.25) is 9.59 Å². The number of benzene rings is 1. The number of nitrogens with zero attached hydrogens (tertiary/aromatic N) is 2. The Morgan fingerprint density at radius 3 is 2.46 bits per heavy atom. The van der Waals surface area contributed by atoms with E-state index in [0.29, 0.717) is 13.1 Å². The Kier molecular flexibility index (Phi) is 5.95. The van der Waals surface area contributed by atoms with Crippen LogP contribution in [-0.4, -0.2) is 63.2 Å². The van der Waals surface area contributed by atoms with E-state index in [2.05, 4.69) is 5.32 Å². The zero-order valence-corrected chi connectivity index (χ0v) is 14.8. The van der Waals surface area contributed by atoms with E-state index in [1.165, 1.54) is 27.4 Å². The maximum absolute atomic E-state index is 12.7. The lowest BCUT2D eigenvalue weighted by molar-refractivity contribution is -0.127. The highest BCUT2D eigenvalue weighted by atomic mass is 32.2. The average Bonchev–Trinajstić information content (AvgIpc) is 2.60. The summed E-state index contributed by atoms with van der Waals surface area (Å²) in [5, 5.41) is 2.50. The summed E-state index contributed by atoms with van der Waals surface area (Å²) in [5.74, 6) is -0.707. The first-order valence-electron chi connectivity index (χ1n) is 7.91. The van der Waals surface area contributed by atoms with Gasteiger partial charge in [0.1, 0.15) is 0 Å². The van der Waals surface area contributed by atoms with Crippen LogP contribution >= 0.6 is 0 Å². The second-order valence-electron chi connectivity index (χ2n) is 5.96. The highest BCUT2D eigenvalue weighted by Gasteiger charge is 2.26. The maximum Gasteiger partial charge on any atom is 0.251 e. The van der Waals surface area contributed by atoms with Crippen molar-refractivity contribution in [3.63, 3.8) is 0 Å². The van der Waals surface area contributed by atoms with Crippen molar-refractivity contribution >= 4 is 21.8 Å². The summed E-state index contributed by atoms with van der Waals surface area (Å²) >= 11 is 0. The third kappa shape index (κ3) is 4.33. The molecule has 8 heteroatoms. The fourth-order valence-corrected chi connectivity index (χ4v) is 4.03. The second-order valence-corrected chi connectivity index (χ2v) is 7.90. The standard InChI is InChI=1S/C16H23N3O4S/c1-18(2)15(20)12-17-16(21)13-7-6-8-14(11-13)24(22,23)19-9-4-3-5-10-19/h6-8,11H,3-5,9-10,12H2,1-2H3,(H,17,21). The van der Waals surface area contributed by atoms with Gasteiger partial charge in [0.05, 0.1) is 11.4 Å². The lowest BCUT2D eigenvalue weighted by Crippen LogP contribution is -2.37. The molecule has 2 amide bonds. The molecule has 132 valence electrons. The number of hydrogen-bond acceptors (Lipinski definition) is 4. The molecule has 1 aliphatic heterocycles. The zero-order chi connectivity index (χ0) is 17.7. The molecule has 1 heterocycles. The van der Waals surface area contributed by atoms with Gasteiger partial charge in [0.15, 0.2) is 0 Å². The number of sulfonamides is 1. The van der Waals surface area contributed by atoms with Crippen molar-refractivity contribution in [3.05, 3.63) is 29.8 Å². The molecule has 0 radical (unpaired) electrons. The number of piperidine rings is 1. The molecule has 1 N–H and O–H groups in total. The van der Waals surface area contributed by atoms with E-state index in [1.54, 1.807) is 20.2 Å². The predicted octanol–water partition coefficient (Wildman–Crippen LogP) is 0.679. The fraction of sp³-hybridized carbons (Fsp3) is 0.500. The van der Waals surface area contributed by atoms with Crippen LogP contribution in [0.3, 0.4) is 0 Å². The lowest BCUT2D eigenvalue weighted by atomic mass is 10.2. The first-order valence-corrected chi connectivity index (χ1v) is 9.35. The van der Waals surface area contributed by atoms with Crippen molar-refractivity contribution in [3.8, 4) is 0 Å². The topological polar surface area (TPSA) is 86.8 Å². The molecule has 1 aromatic carbocycles. The number of carbonyl (C=O) groups excluding carboxylic acids is 2. The molecule has 0 aliphatic carbocycles. The van der Waals surface area contributed by atoms with E-state index in [1.807, 2.05) is 0 Å². The average molecular weight is 353 g/mol. The zero-order valence-electron chi connectivity index (χ0n) is 14.0. The van der Waals surface area contributed by atoms with Crippen LogP contribution in [0.1, 0.15) is 29.6 Å². The molecule has 0 bridgehead atoms. The van der Waals surface area contributed by atoms with Crippen molar-refractivity contribution in [1.82, 2.24) is 14.5 Å². The first kappa shape index (κ1) is 18.4. The Hall–Kier alpha value is -1.93. The summed E-state index contributed by atoms with van der Waals surface area (Å²) < 4.78 is 26.8. The SMILES string of the molecule is CN(C)C(=O)CNC(=O)c1cccc(S(=O)(=O)N2CCCCC2)c1. The molecule has 0 unspecified atom stereocenters. The molecule has 1 fully saturated rings. The number of nitrogens with one attached hydrogen (secondary N) is 1. The first-order chi connectivity index (χ1) is 11.3. The van der Waals surface area contributed by atoms with Crippen molar-refractivity contribution in [2.45, 2.75) is 24.2 Å². The minimum atomic E-state index is -3.58. The van der Waals surface area contributed by atoms with Gasteiger partial charge >= 0.3 is 0 Å². The van der Waals surface area contributed by atoms with Crippen molar-refractivity contribution in [2.75, 3.05) is 33.7 Å². The summed E-state index contributed by atoms with van der Waals surface area (Å²) in [6, 6.07) is 5.93. The molecule has 1 aliphatic rings. The summed E-state index contributed by atoms with van der Waals surface area (Å²) in [6.45, 7) is 0.890. The van der Waals surface area contributed by atoms with Gasteiger partial charge in [-0.25, -0.2) is 8.42 Å². The largest absolute Gasteiger partial charge is 0.347 e. The second kappa shape index (κ2) is 7.76. The molecular weight excluding hydrogens is 330 g/mol. The van der Waals surface area contributed by atoms with E-state index in [-0.39, 0.29) is 22.9 Å². The molecular formula is C16H23N3O4S.